The van der Waals surface area contributed by atoms with Gasteiger partial charge in [0.1, 0.15) is 9.71 Å². The van der Waals surface area contributed by atoms with Crippen molar-refractivity contribution in [3.63, 3.8) is 0 Å². The molecule has 0 atom stereocenters. The maximum absolute atomic E-state index is 12.6. The van der Waals surface area contributed by atoms with Crippen molar-refractivity contribution in [2.75, 3.05) is 24.7 Å². The molecule has 0 unspecified atom stereocenters. The Kier molecular flexibility index (Phi) is 5.27. The molecule has 0 aliphatic carbocycles. The van der Waals surface area contributed by atoms with E-state index < -0.39 is 5.97 Å². The quantitative estimate of drug-likeness (QED) is 0.468. The van der Waals surface area contributed by atoms with Gasteiger partial charge in [-0.1, -0.05) is 23.7 Å². The van der Waals surface area contributed by atoms with Gasteiger partial charge in [0.15, 0.2) is 12.4 Å². The van der Waals surface area contributed by atoms with Gasteiger partial charge in [0.2, 0.25) is 11.9 Å². The lowest BCUT2D eigenvalue weighted by molar-refractivity contribution is 0.0468. The number of fused-ring (bicyclic) bond motifs is 1. The highest BCUT2D eigenvalue weighted by Crippen LogP contribution is 2.32. The summed E-state index contributed by atoms with van der Waals surface area (Å²) in [7, 11) is 3.57. The molecule has 3 aromatic heterocycles. The summed E-state index contributed by atoms with van der Waals surface area (Å²) in [5, 5.41) is 6.00. The van der Waals surface area contributed by atoms with Crippen molar-refractivity contribution < 1.29 is 9.53 Å². The van der Waals surface area contributed by atoms with Gasteiger partial charge in [0.05, 0.1) is 16.4 Å². The van der Waals surface area contributed by atoms with Gasteiger partial charge in [-0.15, -0.1) is 11.3 Å². The molecule has 11 heteroatoms. The number of anilines is 2. The second-order valence-electron chi connectivity index (χ2n) is 6.66. The first kappa shape index (κ1) is 20.0. The highest BCUT2D eigenvalue weighted by atomic mass is 35.5. The summed E-state index contributed by atoms with van der Waals surface area (Å²) >= 11 is 7.61. The number of hydrogen-bond donors (Lipinski definition) is 1. The summed E-state index contributed by atoms with van der Waals surface area (Å²) in [5.74, 6) is 0.258. The number of carbonyl (C=O) groups is 1. The molecule has 154 valence electrons. The maximum atomic E-state index is 12.6. The number of ether oxygens (including phenoxy) is 1. The predicted molar refractivity (Wildman–Crippen MR) is 116 cm³/mol. The lowest BCUT2D eigenvalue weighted by Crippen LogP contribution is -2.17. The van der Waals surface area contributed by atoms with Crippen LogP contribution in [0.25, 0.3) is 15.9 Å². The van der Waals surface area contributed by atoms with E-state index in [1.54, 1.807) is 35.8 Å². The van der Waals surface area contributed by atoms with E-state index in [1.807, 2.05) is 25.1 Å². The third kappa shape index (κ3) is 3.79. The Morgan fingerprint density at radius 1 is 1.27 bits per heavy atom. The minimum Gasteiger partial charge on any atom is -0.453 e. The number of esters is 1. The molecule has 0 radical (unpaired) electrons. The Bertz CT molecular complexity index is 1250. The number of thiophene rings is 1. The Labute approximate surface area is 181 Å². The van der Waals surface area contributed by atoms with E-state index in [9.17, 15) is 4.79 Å². The number of nitrogen functional groups attached to an aromatic ring is 1. The molecular formula is C19H18ClN7O2S. The van der Waals surface area contributed by atoms with Gasteiger partial charge < -0.3 is 15.4 Å². The summed E-state index contributed by atoms with van der Waals surface area (Å²) in [6.07, 6.45) is 0. The standard InChI is InChI=1S/C19H18ClN7O2S/c1-10-11-8-14(30-16(11)27(25-10)13-7-5-4-6-12(13)20)17(28)29-9-15-22-18(21)24-19(23-15)26(2)3/h4-8H,9H2,1-3H3,(H2,21,22,23,24). The summed E-state index contributed by atoms with van der Waals surface area (Å²) in [6, 6.07) is 9.18. The normalized spacial score (nSPS) is 11.1. The van der Waals surface area contributed by atoms with E-state index in [0.717, 1.165) is 21.6 Å². The molecular weight excluding hydrogens is 426 g/mol. The van der Waals surface area contributed by atoms with Crippen LogP contribution >= 0.6 is 22.9 Å². The third-order valence-corrected chi connectivity index (χ3v) is 5.66. The molecule has 0 amide bonds. The fourth-order valence-electron chi connectivity index (χ4n) is 2.83. The second kappa shape index (κ2) is 7.88. The number of carbonyl (C=O) groups excluding carboxylic acids is 1. The van der Waals surface area contributed by atoms with E-state index in [0.29, 0.717) is 15.8 Å². The number of hydrogen-bond acceptors (Lipinski definition) is 9. The van der Waals surface area contributed by atoms with E-state index >= 15 is 0 Å². The number of rotatable bonds is 5. The highest BCUT2D eigenvalue weighted by molar-refractivity contribution is 7.20. The van der Waals surface area contributed by atoms with Crippen molar-refractivity contribution in [2.24, 2.45) is 0 Å². The summed E-state index contributed by atoms with van der Waals surface area (Å²) in [6.45, 7) is 1.77. The van der Waals surface area contributed by atoms with Crippen LogP contribution in [-0.4, -0.2) is 44.8 Å². The fourth-order valence-corrected chi connectivity index (χ4v) is 4.11. The van der Waals surface area contributed by atoms with Crippen LogP contribution < -0.4 is 10.6 Å². The topological polar surface area (TPSA) is 112 Å². The Morgan fingerprint density at radius 3 is 2.77 bits per heavy atom. The van der Waals surface area contributed by atoms with Gasteiger partial charge in [-0.25, -0.2) is 9.48 Å². The molecule has 4 rings (SSSR count). The van der Waals surface area contributed by atoms with Crippen molar-refractivity contribution in [2.45, 2.75) is 13.5 Å². The number of nitrogens with two attached hydrogens (primary N) is 1. The molecule has 1 aromatic carbocycles. The molecule has 0 spiro atoms. The van der Waals surface area contributed by atoms with Crippen LogP contribution in [0.2, 0.25) is 5.02 Å². The van der Waals surface area contributed by atoms with Crippen molar-refractivity contribution >= 4 is 51.0 Å². The van der Waals surface area contributed by atoms with E-state index in [4.69, 9.17) is 22.1 Å². The van der Waals surface area contributed by atoms with Crippen LogP contribution in [0.1, 0.15) is 21.2 Å². The Balaban J connectivity index is 1.59. The number of aromatic nitrogens is 5. The zero-order valence-corrected chi connectivity index (χ0v) is 18.0. The first-order valence-corrected chi connectivity index (χ1v) is 10.1. The largest absolute Gasteiger partial charge is 0.453 e. The molecule has 2 N–H and O–H groups in total. The van der Waals surface area contributed by atoms with Gasteiger partial charge in [-0.3, -0.25) is 0 Å². The summed E-state index contributed by atoms with van der Waals surface area (Å²) in [4.78, 5) is 27.9. The Morgan fingerprint density at radius 2 is 2.03 bits per heavy atom. The van der Waals surface area contributed by atoms with E-state index in [1.165, 1.54) is 11.3 Å². The van der Waals surface area contributed by atoms with Gasteiger partial charge in [-0.05, 0) is 25.1 Å². The minimum absolute atomic E-state index is 0.0667. The number of halogens is 1. The number of aryl methyl sites for hydroxylation is 1. The summed E-state index contributed by atoms with van der Waals surface area (Å²) < 4.78 is 7.14. The fraction of sp³-hybridized carbons (Fsp3) is 0.211. The molecule has 4 aromatic rings. The number of para-hydroxylation sites is 1. The minimum atomic E-state index is -0.480. The van der Waals surface area contributed by atoms with Gasteiger partial charge in [0, 0.05) is 19.5 Å². The van der Waals surface area contributed by atoms with Crippen molar-refractivity contribution in [1.82, 2.24) is 24.7 Å². The van der Waals surface area contributed by atoms with E-state index in [-0.39, 0.29) is 18.4 Å². The molecule has 3 heterocycles. The van der Waals surface area contributed by atoms with Crippen LogP contribution in [0, 0.1) is 6.92 Å². The van der Waals surface area contributed by atoms with E-state index in [2.05, 4.69) is 20.1 Å². The molecule has 30 heavy (non-hydrogen) atoms. The van der Waals surface area contributed by atoms with Crippen LogP contribution in [0.15, 0.2) is 30.3 Å². The van der Waals surface area contributed by atoms with Crippen LogP contribution in [-0.2, 0) is 11.3 Å². The van der Waals surface area contributed by atoms with Crippen molar-refractivity contribution in [1.29, 1.82) is 0 Å². The van der Waals surface area contributed by atoms with Crippen LogP contribution in [0.5, 0.6) is 0 Å². The summed E-state index contributed by atoms with van der Waals surface area (Å²) in [5.41, 5.74) is 7.24. The van der Waals surface area contributed by atoms with Crippen molar-refractivity contribution in [3.05, 3.63) is 51.7 Å². The smallest absolute Gasteiger partial charge is 0.348 e. The average molecular weight is 444 g/mol. The lowest BCUT2D eigenvalue weighted by atomic mass is 10.3. The van der Waals surface area contributed by atoms with Crippen molar-refractivity contribution in [3.8, 4) is 5.69 Å². The average Bonchev–Trinajstić information content (AvgIpc) is 3.27. The maximum Gasteiger partial charge on any atom is 0.348 e. The van der Waals surface area contributed by atoms with Gasteiger partial charge in [0.25, 0.3) is 0 Å². The predicted octanol–water partition coefficient (Wildman–Crippen LogP) is 3.24. The molecule has 0 aliphatic heterocycles. The number of benzene rings is 1. The first-order valence-electron chi connectivity index (χ1n) is 8.92. The molecule has 0 bridgehead atoms. The number of nitrogens with zero attached hydrogens (tertiary/aromatic N) is 6. The third-order valence-electron chi connectivity index (χ3n) is 4.25. The molecule has 0 aliphatic rings. The highest BCUT2D eigenvalue weighted by Gasteiger charge is 2.19. The van der Waals surface area contributed by atoms with Gasteiger partial charge in [-0.2, -0.15) is 20.1 Å². The molecule has 9 nitrogen and oxygen atoms in total. The molecule has 0 saturated heterocycles. The molecule has 0 saturated carbocycles. The molecule has 0 fully saturated rings. The first-order chi connectivity index (χ1) is 14.3. The zero-order valence-electron chi connectivity index (χ0n) is 16.5. The second-order valence-corrected chi connectivity index (χ2v) is 8.10. The SMILES string of the molecule is Cc1nn(-c2ccccc2Cl)c2sc(C(=O)OCc3nc(N)nc(N(C)C)n3)cc12. The monoisotopic (exact) mass is 443 g/mol. The van der Waals surface area contributed by atoms with Crippen LogP contribution in [0.3, 0.4) is 0 Å². The van der Waals surface area contributed by atoms with Gasteiger partial charge >= 0.3 is 5.97 Å². The lowest BCUT2D eigenvalue weighted by Gasteiger charge is -2.11. The Hall–Kier alpha value is -3.24. The zero-order chi connectivity index (χ0) is 21.4. The van der Waals surface area contributed by atoms with Crippen LogP contribution in [0.4, 0.5) is 11.9 Å².